The standard InChI is InChI=1S/C44H32Br2N2O4/c1-5-21(3)23-7-11-25(12-8-23)47-41(49)29-17-15-27-35-28(16-18-30(36(29)35)42(47)50)39-34(46)20-32-37-31(19-33(45)38(27)40(37)39)43(51)48(44(32)52)26-13-9-24(10-14-26)22(4)6-2/h7-22H,5-6H2,1-4H3. The van der Waals surface area contributed by atoms with Gasteiger partial charge in [-0.05, 0) is 100 Å². The summed E-state index contributed by atoms with van der Waals surface area (Å²) in [7, 11) is 0. The first kappa shape index (κ1) is 33.0. The molecule has 2 aliphatic rings. The molecular formula is C44H32Br2N2O4. The first-order chi connectivity index (χ1) is 25.0. The van der Waals surface area contributed by atoms with Gasteiger partial charge in [0.2, 0.25) is 0 Å². The van der Waals surface area contributed by atoms with E-state index in [0.29, 0.717) is 65.2 Å². The summed E-state index contributed by atoms with van der Waals surface area (Å²) in [6.07, 6.45) is 1.98. The van der Waals surface area contributed by atoms with Gasteiger partial charge in [-0.25, -0.2) is 9.80 Å². The summed E-state index contributed by atoms with van der Waals surface area (Å²) in [4.78, 5) is 59.6. The molecule has 0 saturated carbocycles. The highest BCUT2D eigenvalue weighted by Gasteiger charge is 2.39. The fraction of sp³-hybridized carbons (Fsp3) is 0.182. The number of hydrogen-bond acceptors (Lipinski definition) is 4. The zero-order valence-electron chi connectivity index (χ0n) is 28.9. The van der Waals surface area contributed by atoms with Crippen molar-refractivity contribution in [3.8, 4) is 0 Å². The Balaban J connectivity index is 1.25. The van der Waals surface area contributed by atoms with Gasteiger partial charge in [0.1, 0.15) is 0 Å². The van der Waals surface area contributed by atoms with E-state index in [9.17, 15) is 19.2 Å². The number of halogens is 2. The summed E-state index contributed by atoms with van der Waals surface area (Å²) in [5.41, 5.74) is 5.11. The van der Waals surface area contributed by atoms with Crippen molar-refractivity contribution in [1.82, 2.24) is 0 Å². The van der Waals surface area contributed by atoms with E-state index in [-0.39, 0.29) is 23.6 Å². The van der Waals surface area contributed by atoms with Gasteiger partial charge in [-0.2, -0.15) is 0 Å². The van der Waals surface area contributed by atoms with Crippen LogP contribution in [0.25, 0.3) is 43.1 Å². The molecule has 2 unspecified atom stereocenters. The maximum atomic E-state index is 14.3. The van der Waals surface area contributed by atoms with Gasteiger partial charge in [-0.15, -0.1) is 0 Å². The second-order valence-electron chi connectivity index (χ2n) is 14.1. The normalized spacial score (nSPS) is 15.6. The van der Waals surface area contributed by atoms with Crippen LogP contribution in [-0.4, -0.2) is 23.6 Å². The second kappa shape index (κ2) is 11.8. The van der Waals surface area contributed by atoms with Crippen molar-refractivity contribution < 1.29 is 19.2 Å². The van der Waals surface area contributed by atoms with Crippen molar-refractivity contribution in [3.05, 3.63) is 127 Å². The monoisotopic (exact) mass is 810 g/mol. The minimum Gasteiger partial charge on any atom is -0.268 e. The molecule has 0 bridgehead atoms. The van der Waals surface area contributed by atoms with Crippen LogP contribution in [0.4, 0.5) is 11.4 Å². The lowest BCUT2D eigenvalue weighted by Gasteiger charge is -2.31. The zero-order valence-corrected chi connectivity index (χ0v) is 32.1. The molecule has 52 heavy (non-hydrogen) atoms. The first-order valence-corrected chi connectivity index (χ1v) is 19.2. The summed E-state index contributed by atoms with van der Waals surface area (Å²) in [6.45, 7) is 8.58. The van der Waals surface area contributed by atoms with E-state index in [4.69, 9.17) is 0 Å². The summed E-state index contributed by atoms with van der Waals surface area (Å²) in [5.74, 6) is -0.799. The molecule has 9 rings (SSSR count). The van der Waals surface area contributed by atoms with Crippen LogP contribution in [0.15, 0.2) is 93.9 Å². The maximum Gasteiger partial charge on any atom is 0.266 e. The van der Waals surface area contributed by atoms with E-state index in [1.807, 2.05) is 60.7 Å². The van der Waals surface area contributed by atoms with E-state index >= 15 is 0 Å². The van der Waals surface area contributed by atoms with Gasteiger partial charge < -0.3 is 0 Å². The predicted octanol–water partition coefficient (Wildman–Crippen LogP) is 11.9. The van der Waals surface area contributed by atoms with E-state index in [1.165, 1.54) is 9.80 Å². The fourth-order valence-electron chi connectivity index (χ4n) is 8.21. The van der Waals surface area contributed by atoms with Gasteiger partial charge in [-0.3, -0.25) is 19.2 Å². The molecule has 8 heteroatoms. The molecule has 4 amide bonds. The van der Waals surface area contributed by atoms with Gasteiger partial charge in [0.15, 0.2) is 0 Å². The fourth-order valence-corrected chi connectivity index (χ4v) is 9.50. The lowest BCUT2D eigenvalue weighted by atomic mass is 9.82. The Morgan fingerprint density at radius 2 is 0.827 bits per heavy atom. The van der Waals surface area contributed by atoms with Crippen LogP contribution in [-0.2, 0) is 0 Å². The Labute approximate surface area is 317 Å². The Kier molecular flexibility index (Phi) is 7.48. The minimum absolute atomic E-state index is 0.362. The van der Waals surface area contributed by atoms with Crippen molar-refractivity contribution in [2.75, 3.05) is 9.80 Å². The Morgan fingerprint density at radius 3 is 1.21 bits per heavy atom. The van der Waals surface area contributed by atoms with E-state index in [1.54, 1.807) is 24.3 Å². The molecule has 0 saturated heterocycles. The number of carbonyl (C=O) groups is 4. The molecule has 7 aromatic carbocycles. The molecule has 7 aromatic rings. The Morgan fingerprint density at radius 1 is 0.462 bits per heavy atom. The lowest BCUT2D eigenvalue weighted by molar-refractivity contribution is 0.0877. The van der Waals surface area contributed by atoms with Crippen LogP contribution < -0.4 is 9.80 Å². The second-order valence-corrected chi connectivity index (χ2v) is 15.8. The van der Waals surface area contributed by atoms with Gasteiger partial charge in [0.05, 0.1) is 22.5 Å². The third-order valence-corrected chi connectivity index (χ3v) is 12.7. The molecule has 2 heterocycles. The van der Waals surface area contributed by atoms with Crippen LogP contribution in [0.1, 0.15) is 105 Å². The van der Waals surface area contributed by atoms with Gasteiger partial charge in [0, 0.05) is 47.0 Å². The highest BCUT2D eigenvalue weighted by Crippen LogP contribution is 2.51. The molecule has 0 spiro atoms. The zero-order chi connectivity index (χ0) is 36.3. The smallest absolute Gasteiger partial charge is 0.266 e. The molecule has 2 atom stereocenters. The van der Waals surface area contributed by atoms with E-state index in [0.717, 1.165) is 56.3 Å². The average Bonchev–Trinajstić information content (AvgIpc) is 3.16. The Hall–Kier alpha value is -4.92. The minimum atomic E-state index is -0.390. The molecule has 6 nitrogen and oxygen atoms in total. The van der Waals surface area contributed by atoms with Gasteiger partial charge in [-0.1, -0.05) is 96.0 Å². The van der Waals surface area contributed by atoms with Crippen molar-refractivity contribution in [2.45, 2.75) is 52.4 Å². The van der Waals surface area contributed by atoms with Crippen LogP contribution in [0, 0.1) is 0 Å². The number of benzene rings is 7. The van der Waals surface area contributed by atoms with Crippen molar-refractivity contribution in [1.29, 1.82) is 0 Å². The van der Waals surface area contributed by atoms with Crippen molar-refractivity contribution in [3.63, 3.8) is 0 Å². The maximum absolute atomic E-state index is 14.3. The lowest BCUT2D eigenvalue weighted by Crippen LogP contribution is -2.40. The summed E-state index contributed by atoms with van der Waals surface area (Å²) >= 11 is 7.64. The number of rotatable bonds is 6. The first-order valence-electron chi connectivity index (χ1n) is 17.6. The topological polar surface area (TPSA) is 74.8 Å². The highest BCUT2D eigenvalue weighted by molar-refractivity contribution is 9.11. The van der Waals surface area contributed by atoms with Crippen molar-refractivity contribution in [2.24, 2.45) is 0 Å². The molecule has 0 aromatic heterocycles. The summed E-state index contributed by atoms with van der Waals surface area (Å²) < 4.78 is 1.36. The number of imide groups is 2. The Bertz CT molecular complexity index is 2610. The molecule has 0 radical (unpaired) electrons. The SMILES string of the molecule is CCC(C)c1ccc(N2C(=O)c3ccc4c5c(Br)cc6c7c(cc(Br)c(c8ccc(c3c48)C2=O)c75)C(=O)N(c2ccc(C(C)CC)cc2)C6=O)cc1. The summed E-state index contributed by atoms with van der Waals surface area (Å²) in [5, 5.41) is 6.02. The number of amides is 4. The van der Waals surface area contributed by atoms with Crippen LogP contribution >= 0.6 is 31.9 Å². The average molecular weight is 813 g/mol. The largest absolute Gasteiger partial charge is 0.268 e. The number of anilines is 2. The number of hydrogen-bond donors (Lipinski definition) is 0. The van der Waals surface area contributed by atoms with Crippen LogP contribution in [0.5, 0.6) is 0 Å². The van der Waals surface area contributed by atoms with Crippen LogP contribution in [0.3, 0.4) is 0 Å². The number of carbonyl (C=O) groups excluding carboxylic acids is 4. The highest BCUT2D eigenvalue weighted by atomic mass is 79.9. The molecule has 0 aliphatic carbocycles. The molecule has 0 N–H and O–H groups in total. The summed E-state index contributed by atoms with van der Waals surface area (Å²) in [6, 6.07) is 26.4. The molecule has 0 fully saturated rings. The molecule has 256 valence electrons. The quantitative estimate of drug-likeness (QED) is 0.0952. The number of nitrogens with zero attached hydrogens (tertiary/aromatic N) is 2. The van der Waals surface area contributed by atoms with E-state index < -0.39 is 0 Å². The van der Waals surface area contributed by atoms with Crippen LogP contribution in [0.2, 0.25) is 0 Å². The third-order valence-electron chi connectivity index (χ3n) is 11.4. The van der Waals surface area contributed by atoms with Gasteiger partial charge >= 0.3 is 0 Å². The van der Waals surface area contributed by atoms with E-state index in [2.05, 4.69) is 59.6 Å². The van der Waals surface area contributed by atoms with Crippen molar-refractivity contribution >= 4 is 110 Å². The molecule has 2 aliphatic heterocycles. The van der Waals surface area contributed by atoms with Gasteiger partial charge in [0.25, 0.3) is 23.6 Å². The third kappa shape index (κ3) is 4.40. The number of fused-ring (bicyclic) bond motifs is 2. The molecular weight excluding hydrogens is 780 g/mol. The predicted molar refractivity (Wildman–Crippen MR) is 216 cm³/mol.